The molecule has 0 fully saturated rings. The topological polar surface area (TPSA) is 89.8 Å². The third-order valence-corrected chi connectivity index (χ3v) is 6.12. The van der Waals surface area contributed by atoms with Crippen LogP contribution in [0.1, 0.15) is 16.1 Å². The van der Waals surface area contributed by atoms with Crippen LogP contribution in [0.5, 0.6) is 11.5 Å². The van der Waals surface area contributed by atoms with E-state index in [1.807, 2.05) is 66.7 Å². The van der Waals surface area contributed by atoms with Crippen molar-refractivity contribution in [2.75, 3.05) is 17.4 Å². The van der Waals surface area contributed by atoms with Gasteiger partial charge in [-0.3, -0.25) is 9.59 Å². The zero-order chi connectivity index (χ0) is 25.2. The Kier molecular flexibility index (Phi) is 5.78. The summed E-state index contributed by atoms with van der Waals surface area (Å²) in [5.41, 5.74) is 4.40. The molecule has 0 spiro atoms. The Labute approximate surface area is 212 Å². The van der Waals surface area contributed by atoms with E-state index in [1.165, 1.54) is 0 Å². The summed E-state index contributed by atoms with van der Waals surface area (Å²) >= 11 is 0. The molecule has 2 heterocycles. The van der Waals surface area contributed by atoms with Crippen molar-refractivity contribution in [3.05, 3.63) is 108 Å². The molecule has 1 aliphatic rings. The van der Waals surface area contributed by atoms with E-state index in [0.29, 0.717) is 33.8 Å². The largest absolute Gasteiger partial charge is 0.454 e. The molecule has 0 unspecified atom stereocenters. The van der Waals surface area contributed by atoms with Crippen LogP contribution >= 0.6 is 0 Å². The lowest BCUT2D eigenvalue weighted by Crippen LogP contribution is -2.18. The molecule has 182 valence electrons. The Morgan fingerprint density at radius 1 is 0.730 bits per heavy atom. The molecule has 6 rings (SSSR count). The molecule has 0 atom stereocenters. The molecular formula is C30H22N2O5. The predicted octanol–water partition coefficient (Wildman–Crippen LogP) is 6.26. The van der Waals surface area contributed by atoms with E-state index >= 15 is 0 Å². The Morgan fingerprint density at radius 3 is 2.30 bits per heavy atom. The maximum atomic E-state index is 13.2. The van der Waals surface area contributed by atoms with Crippen LogP contribution in [-0.2, 0) is 11.2 Å². The third kappa shape index (κ3) is 4.62. The van der Waals surface area contributed by atoms with Crippen molar-refractivity contribution in [1.82, 2.24) is 0 Å². The molecule has 0 saturated heterocycles. The minimum absolute atomic E-state index is 0.0200. The lowest BCUT2D eigenvalue weighted by atomic mass is 10.0. The minimum Gasteiger partial charge on any atom is -0.454 e. The number of amides is 2. The number of anilines is 2. The number of benzene rings is 4. The van der Waals surface area contributed by atoms with Crippen LogP contribution < -0.4 is 20.1 Å². The number of nitrogens with one attached hydrogen (secondary N) is 2. The summed E-state index contributed by atoms with van der Waals surface area (Å²) in [7, 11) is 0. The van der Waals surface area contributed by atoms with Gasteiger partial charge in [0.2, 0.25) is 18.5 Å². The standard InChI is InChI=1S/C30H22N2O5/c33-27(16-19-10-12-21(13-11-19)20-6-2-1-3-7-20)32-28-23-8-4-5-9-24(23)37-29(28)30(34)31-22-14-15-25-26(17-22)36-18-35-25/h1-15,17H,16,18H2,(H,31,34)(H,32,33). The normalized spacial score (nSPS) is 11.9. The monoisotopic (exact) mass is 490 g/mol. The second-order valence-corrected chi connectivity index (χ2v) is 8.61. The van der Waals surface area contributed by atoms with E-state index in [-0.39, 0.29) is 24.9 Å². The van der Waals surface area contributed by atoms with Crippen molar-refractivity contribution in [2.45, 2.75) is 6.42 Å². The summed E-state index contributed by atoms with van der Waals surface area (Å²) < 4.78 is 16.6. The maximum absolute atomic E-state index is 13.2. The molecule has 37 heavy (non-hydrogen) atoms. The summed E-state index contributed by atoms with van der Waals surface area (Å²) in [5, 5.41) is 6.36. The Balaban J connectivity index is 1.22. The highest BCUT2D eigenvalue weighted by atomic mass is 16.7. The fourth-order valence-corrected chi connectivity index (χ4v) is 4.31. The van der Waals surface area contributed by atoms with Gasteiger partial charge in [0.25, 0.3) is 5.91 Å². The molecule has 1 aromatic heterocycles. The second-order valence-electron chi connectivity index (χ2n) is 8.61. The van der Waals surface area contributed by atoms with Gasteiger partial charge >= 0.3 is 0 Å². The highest BCUT2D eigenvalue weighted by Gasteiger charge is 2.23. The lowest BCUT2D eigenvalue weighted by Gasteiger charge is -2.09. The third-order valence-electron chi connectivity index (χ3n) is 6.12. The molecule has 7 nitrogen and oxygen atoms in total. The van der Waals surface area contributed by atoms with Gasteiger partial charge in [-0.2, -0.15) is 0 Å². The first-order valence-electron chi connectivity index (χ1n) is 11.8. The molecule has 7 heteroatoms. The van der Waals surface area contributed by atoms with Crippen molar-refractivity contribution < 1.29 is 23.5 Å². The van der Waals surface area contributed by atoms with Crippen molar-refractivity contribution >= 4 is 34.2 Å². The number of carbonyl (C=O) groups is 2. The van der Waals surface area contributed by atoms with Gasteiger partial charge in [-0.15, -0.1) is 0 Å². The van der Waals surface area contributed by atoms with E-state index in [2.05, 4.69) is 10.6 Å². The molecule has 5 aromatic rings. The quantitative estimate of drug-likeness (QED) is 0.293. The summed E-state index contributed by atoms with van der Waals surface area (Å²) in [6, 6.07) is 30.2. The number of furan rings is 1. The van der Waals surface area contributed by atoms with E-state index < -0.39 is 5.91 Å². The van der Waals surface area contributed by atoms with Crippen LogP contribution in [0.3, 0.4) is 0 Å². The smallest absolute Gasteiger partial charge is 0.293 e. The molecule has 1 aliphatic heterocycles. The number of para-hydroxylation sites is 1. The van der Waals surface area contributed by atoms with Gasteiger partial charge in [-0.25, -0.2) is 0 Å². The van der Waals surface area contributed by atoms with Gasteiger partial charge in [-0.1, -0.05) is 66.7 Å². The fourth-order valence-electron chi connectivity index (χ4n) is 4.31. The van der Waals surface area contributed by atoms with Crippen LogP contribution in [0.25, 0.3) is 22.1 Å². The lowest BCUT2D eigenvalue weighted by molar-refractivity contribution is -0.115. The number of ether oxygens (including phenoxy) is 2. The van der Waals surface area contributed by atoms with E-state index in [9.17, 15) is 9.59 Å². The number of rotatable bonds is 6. The van der Waals surface area contributed by atoms with Gasteiger partial charge in [0.15, 0.2) is 11.5 Å². The van der Waals surface area contributed by atoms with E-state index in [0.717, 1.165) is 16.7 Å². The Bertz CT molecular complexity index is 1610. The summed E-state index contributed by atoms with van der Waals surface area (Å²) in [4.78, 5) is 26.2. The van der Waals surface area contributed by atoms with Crippen molar-refractivity contribution in [2.24, 2.45) is 0 Å². The van der Waals surface area contributed by atoms with E-state index in [4.69, 9.17) is 13.9 Å². The Hall–Kier alpha value is -5.04. The zero-order valence-corrected chi connectivity index (χ0v) is 19.7. The van der Waals surface area contributed by atoms with Gasteiger partial charge in [0, 0.05) is 17.1 Å². The number of hydrogen-bond donors (Lipinski definition) is 2. The van der Waals surface area contributed by atoms with Crippen molar-refractivity contribution in [3.8, 4) is 22.6 Å². The fraction of sp³-hybridized carbons (Fsp3) is 0.0667. The molecule has 2 amide bonds. The van der Waals surface area contributed by atoms with Crippen LogP contribution in [0.2, 0.25) is 0 Å². The average Bonchev–Trinajstić information content (AvgIpc) is 3.54. The highest BCUT2D eigenvalue weighted by Crippen LogP contribution is 2.35. The van der Waals surface area contributed by atoms with Crippen LogP contribution in [0.4, 0.5) is 11.4 Å². The molecule has 0 aliphatic carbocycles. The van der Waals surface area contributed by atoms with Gasteiger partial charge < -0.3 is 24.5 Å². The first-order valence-corrected chi connectivity index (χ1v) is 11.8. The summed E-state index contributed by atoms with van der Waals surface area (Å²) in [6.07, 6.45) is 0.151. The maximum Gasteiger partial charge on any atom is 0.293 e. The van der Waals surface area contributed by atoms with E-state index in [1.54, 1.807) is 30.3 Å². The highest BCUT2D eigenvalue weighted by molar-refractivity contribution is 6.14. The first-order chi connectivity index (χ1) is 18.1. The van der Waals surface area contributed by atoms with Crippen molar-refractivity contribution in [1.29, 1.82) is 0 Å². The summed E-state index contributed by atoms with van der Waals surface area (Å²) in [6.45, 7) is 0.140. The Morgan fingerprint density at radius 2 is 1.46 bits per heavy atom. The SMILES string of the molecule is O=C(Cc1ccc(-c2ccccc2)cc1)Nc1c(C(=O)Nc2ccc3c(c2)OCO3)oc2ccccc12. The number of hydrogen-bond acceptors (Lipinski definition) is 5. The second kappa shape index (κ2) is 9.54. The minimum atomic E-state index is -0.488. The first kappa shape index (κ1) is 22.4. The molecule has 0 radical (unpaired) electrons. The number of carbonyl (C=O) groups excluding carboxylic acids is 2. The van der Waals surface area contributed by atoms with Crippen LogP contribution in [0, 0.1) is 0 Å². The van der Waals surface area contributed by atoms with Gasteiger partial charge in [0.05, 0.1) is 6.42 Å². The van der Waals surface area contributed by atoms with Gasteiger partial charge in [0.1, 0.15) is 11.3 Å². The number of fused-ring (bicyclic) bond motifs is 2. The van der Waals surface area contributed by atoms with Crippen LogP contribution in [0.15, 0.2) is 101 Å². The average molecular weight is 491 g/mol. The molecule has 2 N–H and O–H groups in total. The van der Waals surface area contributed by atoms with Gasteiger partial charge in [-0.05, 0) is 41.0 Å². The zero-order valence-electron chi connectivity index (χ0n) is 19.7. The molecule has 0 saturated carbocycles. The summed E-state index contributed by atoms with van der Waals surface area (Å²) in [5.74, 6) is 0.445. The predicted molar refractivity (Wildman–Crippen MR) is 141 cm³/mol. The van der Waals surface area contributed by atoms with Crippen LogP contribution in [-0.4, -0.2) is 18.6 Å². The molecule has 0 bridgehead atoms. The molecular weight excluding hydrogens is 468 g/mol. The molecule has 4 aromatic carbocycles. The van der Waals surface area contributed by atoms with Crippen molar-refractivity contribution in [3.63, 3.8) is 0 Å².